The van der Waals surface area contributed by atoms with Gasteiger partial charge in [-0.05, 0) is 42.7 Å². The highest BCUT2D eigenvalue weighted by molar-refractivity contribution is 5.95. The first-order valence-electron chi connectivity index (χ1n) is 9.52. The number of pyridine rings is 1. The number of rotatable bonds is 8. The van der Waals surface area contributed by atoms with Crippen molar-refractivity contribution in [3.05, 3.63) is 84.2 Å². The van der Waals surface area contributed by atoms with E-state index in [9.17, 15) is 9.59 Å². The first-order chi connectivity index (χ1) is 14.1. The van der Waals surface area contributed by atoms with Crippen LogP contribution < -0.4 is 16.0 Å². The van der Waals surface area contributed by atoms with Crippen LogP contribution in [0.5, 0.6) is 0 Å². The van der Waals surface area contributed by atoms with E-state index in [-0.39, 0.29) is 11.8 Å². The Morgan fingerprint density at radius 2 is 1.69 bits per heavy atom. The van der Waals surface area contributed by atoms with Crippen LogP contribution in [-0.2, 0) is 11.2 Å². The molecule has 0 spiro atoms. The van der Waals surface area contributed by atoms with Gasteiger partial charge in [-0.3, -0.25) is 14.6 Å². The van der Waals surface area contributed by atoms with Crippen molar-refractivity contribution in [2.24, 2.45) is 0 Å². The third-order valence-corrected chi connectivity index (χ3v) is 4.24. The van der Waals surface area contributed by atoms with Crippen molar-refractivity contribution in [1.29, 1.82) is 0 Å². The zero-order valence-corrected chi connectivity index (χ0v) is 16.3. The molecule has 6 nitrogen and oxygen atoms in total. The van der Waals surface area contributed by atoms with E-state index in [1.165, 1.54) is 12.5 Å². The summed E-state index contributed by atoms with van der Waals surface area (Å²) in [6.07, 6.45) is 4.99. The fraction of sp³-hybridized carbons (Fsp3) is 0.174. The molecule has 0 radical (unpaired) electrons. The fourth-order valence-corrected chi connectivity index (χ4v) is 2.92. The maximum Gasteiger partial charge on any atom is 0.252 e. The molecule has 0 aliphatic carbocycles. The summed E-state index contributed by atoms with van der Waals surface area (Å²) in [5.74, 6) is -0.282. The molecule has 0 atom stereocenters. The van der Waals surface area contributed by atoms with Crippen molar-refractivity contribution in [3.8, 4) is 0 Å². The van der Waals surface area contributed by atoms with Crippen LogP contribution in [0, 0.1) is 0 Å². The van der Waals surface area contributed by atoms with Crippen molar-refractivity contribution >= 4 is 28.9 Å². The number of aromatic nitrogens is 1. The van der Waals surface area contributed by atoms with Crippen molar-refractivity contribution in [2.75, 3.05) is 17.2 Å². The molecule has 2 amide bonds. The summed E-state index contributed by atoms with van der Waals surface area (Å²) in [5, 5.41) is 8.89. The minimum absolute atomic E-state index is 0.130. The number of nitrogens with one attached hydrogen (secondary N) is 3. The molecule has 2 aromatic carbocycles. The molecule has 29 heavy (non-hydrogen) atoms. The molecule has 6 heteroatoms. The van der Waals surface area contributed by atoms with E-state index in [2.05, 4.69) is 33.1 Å². The number of benzene rings is 2. The molecule has 0 saturated heterocycles. The predicted molar refractivity (Wildman–Crippen MR) is 115 cm³/mol. The lowest BCUT2D eigenvalue weighted by Gasteiger charge is -2.10. The van der Waals surface area contributed by atoms with Crippen LogP contribution in [0.1, 0.15) is 29.3 Å². The highest BCUT2D eigenvalue weighted by atomic mass is 16.2. The van der Waals surface area contributed by atoms with E-state index in [1.54, 1.807) is 18.5 Å². The smallest absolute Gasteiger partial charge is 0.252 e. The summed E-state index contributed by atoms with van der Waals surface area (Å²) in [6.45, 7) is 2.07. The summed E-state index contributed by atoms with van der Waals surface area (Å²) in [6, 6.07) is 19.3. The lowest BCUT2D eigenvalue weighted by molar-refractivity contribution is -0.114. The molecular formula is C23H24N4O2. The van der Waals surface area contributed by atoms with Crippen LogP contribution >= 0.6 is 0 Å². The number of hydrogen-bond acceptors (Lipinski definition) is 4. The van der Waals surface area contributed by atoms with Crippen molar-refractivity contribution in [2.45, 2.75) is 19.8 Å². The molecule has 1 heterocycles. The second-order valence-electron chi connectivity index (χ2n) is 6.69. The average Bonchev–Trinajstić information content (AvgIpc) is 2.72. The monoisotopic (exact) mass is 388 g/mol. The van der Waals surface area contributed by atoms with Gasteiger partial charge in [0.05, 0.1) is 17.4 Å². The first kappa shape index (κ1) is 20.1. The Bertz CT molecular complexity index is 973. The second-order valence-corrected chi connectivity index (χ2v) is 6.69. The summed E-state index contributed by atoms with van der Waals surface area (Å²) >= 11 is 0. The van der Waals surface area contributed by atoms with Crippen LogP contribution in [0.25, 0.3) is 0 Å². The van der Waals surface area contributed by atoms with E-state index in [4.69, 9.17) is 0 Å². The predicted octanol–water partition coefficient (Wildman–Crippen LogP) is 4.15. The maximum absolute atomic E-state index is 12.4. The van der Waals surface area contributed by atoms with Gasteiger partial charge in [0.15, 0.2) is 0 Å². The van der Waals surface area contributed by atoms with Crippen LogP contribution in [0.4, 0.5) is 17.1 Å². The third kappa shape index (κ3) is 6.46. The highest BCUT2D eigenvalue weighted by Crippen LogP contribution is 2.20. The van der Waals surface area contributed by atoms with E-state index in [0.717, 1.165) is 18.5 Å². The van der Waals surface area contributed by atoms with Gasteiger partial charge in [0.25, 0.3) is 5.91 Å². The number of nitrogens with zero attached hydrogens (tertiary/aromatic N) is 1. The van der Waals surface area contributed by atoms with Crippen molar-refractivity contribution in [1.82, 2.24) is 10.3 Å². The Labute approximate surface area is 170 Å². The van der Waals surface area contributed by atoms with E-state index >= 15 is 0 Å². The quantitative estimate of drug-likeness (QED) is 0.506. The highest BCUT2D eigenvalue weighted by Gasteiger charge is 2.07. The van der Waals surface area contributed by atoms with E-state index in [0.29, 0.717) is 23.5 Å². The summed E-state index contributed by atoms with van der Waals surface area (Å²) < 4.78 is 0. The third-order valence-electron chi connectivity index (χ3n) is 4.24. The summed E-state index contributed by atoms with van der Waals surface area (Å²) in [4.78, 5) is 27.8. The van der Waals surface area contributed by atoms with Crippen LogP contribution in [0.2, 0.25) is 0 Å². The number of amides is 2. The number of aryl methyl sites for hydroxylation is 1. The van der Waals surface area contributed by atoms with Gasteiger partial charge in [-0.2, -0.15) is 0 Å². The van der Waals surface area contributed by atoms with Gasteiger partial charge >= 0.3 is 0 Å². The Balaban J connectivity index is 1.54. The number of carbonyl (C=O) groups is 2. The Hall–Kier alpha value is -3.67. The SMILES string of the molecule is CC(=O)Nc1cccc(Nc2cncc(C(=O)NCCCc3ccccc3)c2)c1. The van der Waals surface area contributed by atoms with E-state index < -0.39 is 0 Å². The molecule has 3 N–H and O–H groups in total. The zero-order valence-electron chi connectivity index (χ0n) is 16.3. The molecule has 3 aromatic rings. The maximum atomic E-state index is 12.4. The van der Waals surface area contributed by atoms with Gasteiger partial charge < -0.3 is 16.0 Å². The molecule has 0 fully saturated rings. The average molecular weight is 388 g/mol. The molecule has 0 aliphatic heterocycles. The van der Waals surface area contributed by atoms with Gasteiger partial charge in [0, 0.05) is 31.0 Å². The van der Waals surface area contributed by atoms with Gasteiger partial charge in [-0.25, -0.2) is 0 Å². The topological polar surface area (TPSA) is 83.1 Å². The van der Waals surface area contributed by atoms with E-state index in [1.807, 2.05) is 42.5 Å². The summed E-state index contributed by atoms with van der Waals surface area (Å²) in [5.41, 5.74) is 3.94. The minimum Gasteiger partial charge on any atom is -0.354 e. The standard InChI is InChI=1S/C23H24N4O2/c1-17(28)26-20-10-5-11-21(14-20)27-22-13-19(15-24-16-22)23(29)25-12-6-9-18-7-3-2-4-8-18/h2-5,7-8,10-11,13-16,27H,6,9,12H2,1H3,(H,25,29)(H,26,28). The summed E-state index contributed by atoms with van der Waals surface area (Å²) in [7, 11) is 0. The molecule has 148 valence electrons. The first-order valence-corrected chi connectivity index (χ1v) is 9.52. The minimum atomic E-state index is -0.152. The van der Waals surface area contributed by atoms with Crippen LogP contribution in [-0.4, -0.2) is 23.3 Å². The van der Waals surface area contributed by atoms with Crippen LogP contribution in [0.15, 0.2) is 73.1 Å². The van der Waals surface area contributed by atoms with Gasteiger partial charge in [-0.1, -0.05) is 36.4 Å². The van der Waals surface area contributed by atoms with Gasteiger partial charge in [-0.15, -0.1) is 0 Å². The lowest BCUT2D eigenvalue weighted by atomic mass is 10.1. The molecule has 1 aromatic heterocycles. The Kier molecular flexibility index (Phi) is 6.95. The van der Waals surface area contributed by atoms with Gasteiger partial charge in [0.1, 0.15) is 0 Å². The number of hydrogen-bond donors (Lipinski definition) is 3. The molecule has 3 rings (SSSR count). The zero-order chi connectivity index (χ0) is 20.5. The Morgan fingerprint density at radius 3 is 2.48 bits per heavy atom. The Morgan fingerprint density at radius 1 is 0.897 bits per heavy atom. The molecule has 0 saturated carbocycles. The molecule has 0 unspecified atom stereocenters. The number of carbonyl (C=O) groups excluding carboxylic acids is 2. The second kappa shape index (κ2) is 10.0. The van der Waals surface area contributed by atoms with Gasteiger partial charge in [0.2, 0.25) is 5.91 Å². The fourth-order valence-electron chi connectivity index (χ4n) is 2.92. The lowest BCUT2D eigenvalue weighted by Crippen LogP contribution is -2.25. The molecule has 0 bridgehead atoms. The number of anilines is 3. The van der Waals surface area contributed by atoms with Crippen molar-refractivity contribution < 1.29 is 9.59 Å². The molecular weight excluding hydrogens is 364 g/mol. The van der Waals surface area contributed by atoms with Crippen molar-refractivity contribution in [3.63, 3.8) is 0 Å². The normalized spacial score (nSPS) is 10.2. The molecule has 0 aliphatic rings. The van der Waals surface area contributed by atoms with Crippen LogP contribution in [0.3, 0.4) is 0 Å². The largest absolute Gasteiger partial charge is 0.354 e.